The van der Waals surface area contributed by atoms with E-state index in [-0.39, 0.29) is 16.4 Å². The molecule has 0 saturated carbocycles. The predicted octanol–water partition coefficient (Wildman–Crippen LogP) is 13.4. The van der Waals surface area contributed by atoms with Crippen LogP contribution in [0.1, 0.15) is 125 Å². The minimum Gasteiger partial charge on any atom is -0.491 e. The molecule has 6 aromatic carbocycles. The van der Waals surface area contributed by atoms with Gasteiger partial charge in [0.25, 0.3) is 0 Å². The summed E-state index contributed by atoms with van der Waals surface area (Å²) in [6.45, 7) is 18.5. The average Bonchev–Trinajstić information content (AvgIpc) is 3.35. The molecule has 0 radical (unpaired) electrons. The van der Waals surface area contributed by atoms with E-state index in [9.17, 15) is 21.0 Å². The van der Waals surface area contributed by atoms with E-state index in [0.29, 0.717) is 54.4 Å². The van der Waals surface area contributed by atoms with Gasteiger partial charge < -0.3 is 23.7 Å². The summed E-state index contributed by atoms with van der Waals surface area (Å²) >= 11 is 0. The van der Waals surface area contributed by atoms with Crippen molar-refractivity contribution in [3.05, 3.63) is 184 Å². The van der Waals surface area contributed by atoms with E-state index in [4.69, 9.17) is 23.7 Å². The molecule has 67 heavy (non-hydrogen) atoms. The van der Waals surface area contributed by atoms with Gasteiger partial charge in [0.2, 0.25) is 0 Å². The number of benzene rings is 6. The molecule has 6 rings (SSSR count). The minimum absolute atomic E-state index is 0.276. The number of rotatable bonds is 20. The first kappa shape index (κ1) is 48.9. The molecule has 0 aromatic heterocycles. The quantitative estimate of drug-likeness (QED) is 0.0685. The topological polar surface area (TPSA) is 141 Å². The van der Waals surface area contributed by atoms with Crippen LogP contribution in [0.25, 0.3) is 0 Å². The Morgan fingerprint density at radius 3 is 1.30 bits per heavy atom. The molecule has 0 spiro atoms. The molecule has 2 atom stereocenters. The van der Waals surface area contributed by atoms with E-state index in [1.165, 1.54) is 0 Å². The summed E-state index contributed by atoms with van der Waals surface area (Å²) in [5, 5.41) is 37.5. The van der Waals surface area contributed by atoms with Crippen molar-refractivity contribution in [2.24, 2.45) is 0 Å². The molecule has 9 heteroatoms. The Morgan fingerprint density at radius 2 is 0.821 bits per heavy atom. The molecule has 340 valence electrons. The first-order valence-corrected chi connectivity index (χ1v) is 22.7. The van der Waals surface area contributed by atoms with Crippen molar-refractivity contribution in [3.63, 3.8) is 0 Å². The lowest BCUT2D eigenvalue weighted by molar-refractivity contribution is 0.0242. The Balaban J connectivity index is 0.947. The second-order valence-corrected chi connectivity index (χ2v) is 18.2. The van der Waals surface area contributed by atoms with Crippen LogP contribution in [0.4, 0.5) is 0 Å². The third-order valence-corrected chi connectivity index (χ3v) is 13.0. The minimum atomic E-state index is -0.672. The molecule has 0 aliphatic heterocycles. The second kappa shape index (κ2) is 21.2. The van der Waals surface area contributed by atoms with Crippen LogP contribution in [-0.4, -0.2) is 25.4 Å². The van der Waals surface area contributed by atoms with Gasteiger partial charge in [-0.1, -0.05) is 96.1 Å². The molecule has 0 fully saturated rings. The number of nitrogens with zero attached hydrogens (tertiary/aromatic N) is 4. The van der Waals surface area contributed by atoms with Gasteiger partial charge in [0, 0.05) is 17.3 Å². The highest BCUT2D eigenvalue weighted by molar-refractivity contribution is 5.51. The standard InChI is InChI=1S/C58H58N4O5/c1-9-57(7,66-52-27-18-47(19-28-52)56(5,6)46-16-25-51(26-17-46)65-54-22-12-42(38-60)44(36-54)40-62)31-32-63-33-34-64-50-23-14-45(15-24-50)55(3,4)48-20-29-53(30-21-48)67-58(8,10-2)49-13-11-41(37-59)43(35-49)39-61/h11-30,35-36H,9-10,31-34H2,1-8H3. The fraction of sp³-hybridized carbons (Fsp3) is 0.310. The van der Waals surface area contributed by atoms with Crippen LogP contribution in [0.3, 0.4) is 0 Å². The molecule has 0 bridgehead atoms. The van der Waals surface area contributed by atoms with Crippen LogP contribution in [0.2, 0.25) is 0 Å². The fourth-order valence-corrected chi connectivity index (χ4v) is 7.88. The van der Waals surface area contributed by atoms with Gasteiger partial charge in [-0.3, -0.25) is 0 Å². The van der Waals surface area contributed by atoms with Crippen LogP contribution in [0.5, 0.6) is 28.7 Å². The van der Waals surface area contributed by atoms with Crippen LogP contribution >= 0.6 is 0 Å². The summed E-state index contributed by atoms with van der Waals surface area (Å²) in [5.74, 6) is 3.46. The largest absolute Gasteiger partial charge is 0.491 e. The molecule has 0 amide bonds. The summed E-state index contributed by atoms with van der Waals surface area (Å²) in [4.78, 5) is 0. The molecule has 0 aliphatic carbocycles. The molecule has 2 unspecified atom stereocenters. The van der Waals surface area contributed by atoms with Crippen molar-refractivity contribution in [1.29, 1.82) is 21.0 Å². The number of nitriles is 4. The summed E-state index contributed by atoms with van der Waals surface area (Å²) < 4.78 is 31.1. The summed E-state index contributed by atoms with van der Waals surface area (Å²) in [5.41, 5.74) is 5.07. The van der Waals surface area contributed by atoms with E-state index in [2.05, 4.69) is 90.1 Å². The molecular weight excluding hydrogens is 833 g/mol. The van der Waals surface area contributed by atoms with Gasteiger partial charge in [-0.05, 0) is 133 Å². The Hall–Kier alpha value is -7.56. The first-order valence-electron chi connectivity index (χ1n) is 22.7. The van der Waals surface area contributed by atoms with Crippen LogP contribution in [0.15, 0.2) is 133 Å². The molecule has 9 nitrogen and oxygen atoms in total. The van der Waals surface area contributed by atoms with E-state index < -0.39 is 11.2 Å². The third kappa shape index (κ3) is 11.6. The molecule has 0 aliphatic rings. The maximum absolute atomic E-state index is 9.56. The zero-order valence-electron chi connectivity index (χ0n) is 39.8. The lowest BCUT2D eigenvalue weighted by Gasteiger charge is -2.31. The molecule has 6 aromatic rings. The first-order chi connectivity index (χ1) is 32.1. The number of ether oxygens (including phenoxy) is 5. The normalized spacial score (nSPS) is 13.1. The van der Waals surface area contributed by atoms with Gasteiger partial charge in [-0.15, -0.1) is 0 Å². The molecule has 0 N–H and O–H groups in total. The fourth-order valence-electron chi connectivity index (χ4n) is 7.88. The Bertz CT molecular complexity index is 2810. The monoisotopic (exact) mass is 890 g/mol. The van der Waals surface area contributed by atoms with E-state index in [1.807, 2.05) is 92.7 Å². The zero-order valence-corrected chi connectivity index (χ0v) is 39.8. The van der Waals surface area contributed by atoms with Crippen LogP contribution in [0, 0.1) is 45.3 Å². The van der Waals surface area contributed by atoms with E-state index in [1.54, 1.807) is 30.3 Å². The van der Waals surface area contributed by atoms with Crippen LogP contribution in [-0.2, 0) is 21.2 Å². The highest BCUT2D eigenvalue weighted by atomic mass is 16.5. The number of hydrogen-bond acceptors (Lipinski definition) is 9. The van der Waals surface area contributed by atoms with Crippen LogP contribution < -0.4 is 18.9 Å². The Morgan fingerprint density at radius 1 is 0.403 bits per heavy atom. The summed E-state index contributed by atoms with van der Waals surface area (Å²) in [6.07, 6.45) is 2.22. The maximum atomic E-state index is 9.56. The Labute approximate surface area is 396 Å². The lowest BCUT2D eigenvalue weighted by atomic mass is 9.78. The Kier molecular flexibility index (Phi) is 15.4. The van der Waals surface area contributed by atoms with Crippen molar-refractivity contribution in [1.82, 2.24) is 0 Å². The van der Waals surface area contributed by atoms with Crippen molar-refractivity contribution in [2.45, 2.75) is 96.7 Å². The van der Waals surface area contributed by atoms with Gasteiger partial charge >= 0.3 is 0 Å². The van der Waals surface area contributed by atoms with Crippen molar-refractivity contribution < 1.29 is 23.7 Å². The summed E-state index contributed by atoms with van der Waals surface area (Å²) in [7, 11) is 0. The average molecular weight is 891 g/mol. The molecular formula is C58H58N4O5. The smallest absolute Gasteiger partial charge is 0.131 e. The maximum Gasteiger partial charge on any atom is 0.131 e. The predicted molar refractivity (Wildman–Crippen MR) is 260 cm³/mol. The van der Waals surface area contributed by atoms with Gasteiger partial charge in [0.05, 0.1) is 35.5 Å². The van der Waals surface area contributed by atoms with Gasteiger partial charge in [0.15, 0.2) is 0 Å². The zero-order chi connectivity index (χ0) is 48.2. The van der Waals surface area contributed by atoms with E-state index in [0.717, 1.165) is 57.9 Å². The summed E-state index contributed by atoms with van der Waals surface area (Å²) in [6, 6.07) is 51.0. The van der Waals surface area contributed by atoms with Crippen molar-refractivity contribution in [2.75, 3.05) is 19.8 Å². The number of hydrogen-bond donors (Lipinski definition) is 0. The van der Waals surface area contributed by atoms with Gasteiger partial charge in [-0.2, -0.15) is 21.0 Å². The van der Waals surface area contributed by atoms with Gasteiger partial charge in [0.1, 0.15) is 70.8 Å². The molecule has 0 heterocycles. The third-order valence-electron chi connectivity index (χ3n) is 13.0. The van der Waals surface area contributed by atoms with Crippen molar-refractivity contribution in [3.8, 4) is 53.0 Å². The highest BCUT2D eigenvalue weighted by Gasteiger charge is 2.30. The van der Waals surface area contributed by atoms with Gasteiger partial charge in [-0.25, -0.2) is 0 Å². The highest BCUT2D eigenvalue weighted by Crippen LogP contribution is 2.38. The second-order valence-electron chi connectivity index (χ2n) is 18.2. The SMILES string of the molecule is CCC(C)(CCOCCOc1ccc(C(C)(C)c2ccc(OC(C)(CC)c3ccc(C#N)c(C#N)c3)cc2)cc1)Oc1ccc(C(C)(C)c2ccc(Oc3ccc(C#N)c(C#N)c3)cc2)cc1. The lowest BCUT2D eigenvalue weighted by Crippen LogP contribution is -2.33. The van der Waals surface area contributed by atoms with E-state index >= 15 is 0 Å². The van der Waals surface area contributed by atoms with Crippen molar-refractivity contribution >= 4 is 0 Å². The molecule has 0 saturated heterocycles.